The van der Waals surface area contributed by atoms with Crippen molar-refractivity contribution >= 4 is 29.4 Å². The van der Waals surface area contributed by atoms with Crippen LogP contribution in [0.5, 0.6) is 0 Å². The zero-order valence-electron chi connectivity index (χ0n) is 19.2. The van der Waals surface area contributed by atoms with E-state index in [-0.39, 0.29) is 6.03 Å². The van der Waals surface area contributed by atoms with E-state index in [2.05, 4.69) is 32.7 Å². The van der Waals surface area contributed by atoms with Gasteiger partial charge in [0.25, 0.3) is 5.91 Å². The van der Waals surface area contributed by atoms with Crippen molar-refractivity contribution in [2.24, 2.45) is 5.73 Å². The average Bonchev–Trinajstić information content (AvgIpc) is 3.69. The fourth-order valence-corrected chi connectivity index (χ4v) is 4.48. The summed E-state index contributed by atoms with van der Waals surface area (Å²) in [5.74, 6) is 0.776. The molecule has 3 amide bonds. The zero-order chi connectivity index (χ0) is 23.5. The molecular formula is C24H31N7O3. The number of nitrogens with one attached hydrogen (secondary N) is 2. The maximum absolute atomic E-state index is 12.7. The number of morpholine rings is 1. The summed E-state index contributed by atoms with van der Waals surface area (Å²) in [5, 5.41) is 6.46. The Morgan fingerprint density at radius 3 is 2.29 bits per heavy atom. The first-order valence-electron chi connectivity index (χ1n) is 12.0. The second-order valence-corrected chi connectivity index (χ2v) is 9.13. The number of amides is 3. The van der Waals surface area contributed by atoms with Gasteiger partial charge in [0, 0.05) is 44.1 Å². The minimum Gasteiger partial charge on any atom is -0.378 e. The number of primary amides is 1. The van der Waals surface area contributed by atoms with Gasteiger partial charge in [0.1, 0.15) is 5.82 Å². The fourth-order valence-electron chi connectivity index (χ4n) is 4.48. The van der Waals surface area contributed by atoms with Crippen LogP contribution in [0.4, 0.5) is 22.2 Å². The van der Waals surface area contributed by atoms with Crippen molar-refractivity contribution in [2.45, 2.75) is 37.6 Å². The molecule has 3 aliphatic rings. The molecule has 1 aromatic carbocycles. The van der Waals surface area contributed by atoms with Gasteiger partial charge in [-0.05, 0) is 49.3 Å². The molecular weight excluding hydrogens is 434 g/mol. The Hall–Kier alpha value is -3.40. The lowest BCUT2D eigenvalue weighted by molar-refractivity contribution is 0.0411. The Balaban J connectivity index is 1.17. The molecule has 2 aliphatic heterocycles. The van der Waals surface area contributed by atoms with E-state index in [9.17, 15) is 9.59 Å². The van der Waals surface area contributed by atoms with Gasteiger partial charge in [0.15, 0.2) is 0 Å². The Kier molecular flexibility index (Phi) is 6.48. The molecule has 0 spiro atoms. The van der Waals surface area contributed by atoms with Crippen molar-refractivity contribution < 1.29 is 14.3 Å². The molecule has 2 saturated heterocycles. The lowest BCUT2D eigenvalue weighted by atomic mass is 9.89. The lowest BCUT2D eigenvalue weighted by Crippen LogP contribution is -2.50. The first kappa shape index (κ1) is 22.4. The summed E-state index contributed by atoms with van der Waals surface area (Å²) in [7, 11) is 0. The van der Waals surface area contributed by atoms with E-state index in [1.807, 2.05) is 21.9 Å². The molecule has 3 heterocycles. The number of piperidine rings is 1. The van der Waals surface area contributed by atoms with Crippen molar-refractivity contribution in [1.29, 1.82) is 0 Å². The van der Waals surface area contributed by atoms with Gasteiger partial charge in [-0.1, -0.05) is 12.1 Å². The van der Waals surface area contributed by atoms with Crippen LogP contribution < -0.4 is 16.4 Å². The molecule has 0 atom stereocenters. The number of hydrogen-bond acceptors (Lipinski definition) is 7. The first-order chi connectivity index (χ1) is 16.6. The quantitative estimate of drug-likeness (QED) is 0.598. The third kappa shape index (κ3) is 5.22. The van der Waals surface area contributed by atoms with Crippen LogP contribution in [0.2, 0.25) is 0 Å². The minimum atomic E-state index is -0.545. The van der Waals surface area contributed by atoms with Crippen molar-refractivity contribution in [3.63, 3.8) is 0 Å². The standard InChI is InChI=1S/C24H31N7O3/c25-21(32)20-15-26-23(29-22(20)27-18-5-6-18)28-19-3-1-16(2-4-19)17-7-9-30(10-8-17)24(33)31-11-13-34-14-12-31/h1-4,15,17-18H,5-14H2,(H2,25,32)(H2,26,27,28,29). The Morgan fingerprint density at radius 1 is 0.971 bits per heavy atom. The highest BCUT2D eigenvalue weighted by molar-refractivity contribution is 5.97. The van der Waals surface area contributed by atoms with E-state index >= 15 is 0 Å². The number of likely N-dealkylation sites (tertiary alicyclic amines) is 1. The first-order valence-corrected chi connectivity index (χ1v) is 12.0. The summed E-state index contributed by atoms with van der Waals surface area (Å²) in [6, 6.07) is 8.75. The number of aromatic nitrogens is 2. The third-order valence-electron chi connectivity index (χ3n) is 6.66. The summed E-state index contributed by atoms with van der Waals surface area (Å²) >= 11 is 0. The molecule has 0 radical (unpaired) electrons. The minimum absolute atomic E-state index is 0.138. The zero-order valence-corrected chi connectivity index (χ0v) is 19.2. The highest BCUT2D eigenvalue weighted by Crippen LogP contribution is 2.30. The molecule has 4 N–H and O–H groups in total. The van der Waals surface area contributed by atoms with E-state index in [1.165, 1.54) is 11.8 Å². The van der Waals surface area contributed by atoms with Crippen LogP contribution >= 0.6 is 0 Å². The number of rotatable bonds is 6. The SMILES string of the molecule is NC(=O)c1cnc(Nc2ccc(C3CCN(C(=O)N4CCOCC4)CC3)cc2)nc1NC1CC1. The summed E-state index contributed by atoms with van der Waals surface area (Å²) < 4.78 is 5.35. The highest BCUT2D eigenvalue weighted by Gasteiger charge is 2.28. The third-order valence-corrected chi connectivity index (χ3v) is 6.66. The number of nitrogens with two attached hydrogens (primary N) is 1. The van der Waals surface area contributed by atoms with E-state index in [0.717, 1.165) is 44.5 Å². The summed E-state index contributed by atoms with van der Waals surface area (Å²) in [5.41, 5.74) is 7.89. The monoisotopic (exact) mass is 465 g/mol. The van der Waals surface area contributed by atoms with Crippen molar-refractivity contribution in [3.8, 4) is 0 Å². The molecule has 2 aromatic rings. The van der Waals surface area contributed by atoms with Crippen molar-refractivity contribution in [3.05, 3.63) is 41.6 Å². The second-order valence-electron chi connectivity index (χ2n) is 9.13. The molecule has 1 aliphatic carbocycles. The van der Waals surface area contributed by atoms with Gasteiger partial charge in [-0.25, -0.2) is 9.78 Å². The molecule has 0 unspecified atom stereocenters. The van der Waals surface area contributed by atoms with Crippen LogP contribution in [0.1, 0.15) is 47.5 Å². The average molecular weight is 466 g/mol. The van der Waals surface area contributed by atoms with E-state index < -0.39 is 5.91 Å². The lowest BCUT2D eigenvalue weighted by Gasteiger charge is -2.37. The number of anilines is 3. The van der Waals surface area contributed by atoms with Crippen molar-refractivity contribution in [2.75, 3.05) is 50.0 Å². The van der Waals surface area contributed by atoms with Crippen LogP contribution in [0.3, 0.4) is 0 Å². The second kappa shape index (κ2) is 9.84. The van der Waals surface area contributed by atoms with Crippen LogP contribution in [0.25, 0.3) is 0 Å². The van der Waals surface area contributed by atoms with Crippen LogP contribution in [-0.2, 0) is 4.74 Å². The molecule has 5 rings (SSSR count). The molecule has 34 heavy (non-hydrogen) atoms. The normalized spacial score (nSPS) is 19.1. The van der Waals surface area contributed by atoms with Crippen LogP contribution in [-0.4, -0.2) is 77.1 Å². The number of nitrogens with zero attached hydrogens (tertiary/aromatic N) is 4. The maximum Gasteiger partial charge on any atom is 0.320 e. The van der Waals surface area contributed by atoms with Gasteiger partial charge in [-0.2, -0.15) is 4.98 Å². The molecule has 0 bridgehead atoms. The Morgan fingerprint density at radius 2 is 1.65 bits per heavy atom. The maximum atomic E-state index is 12.7. The van der Waals surface area contributed by atoms with Crippen molar-refractivity contribution in [1.82, 2.24) is 19.8 Å². The molecule has 10 nitrogen and oxygen atoms in total. The number of ether oxygens (including phenoxy) is 1. The highest BCUT2D eigenvalue weighted by atomic mass is 16.5. The molecule has 1 saturated carbocycles. The number of benzene rings is 1. The number of carbonyl (C=O) groups is 2. The summed E-state index contributed by atoms with van der Waals surface area (Å²) in [6.07, 6.45) is 5.50. The van der Waals surface area contributed by atoms with Gasteiger partial charge in [-0.3, -0.25) is 4.79 Å². The van der Waals surface area contributed by atoms with Gasteiger partial charge in [-0.15, -0.1) is 0 Å². The van der Waals surface area contributed by atoms with E-state index in [0.29, 0.717) is 55.6 Å². The van der Waals surface area contributed by atoms with Gasteiger partial charge >= 0.3 is 6.03 Å². The summed E-state index contributed by atoms with van der Waals surface area (Å²) in [4.78, 5) is 37.0. The topological polar surface area (TPSA) is 126 Å². The summed E-state index contributed by atoms with van der Waals surface area (Å²) in [6.45, 7) is 4.17. The predicted molar refractivity (Wildman–Crippen MR) is 128 cm³/mol. The number of urea groups is 1. The molecule has 10 heteroatoms. The number of hydrogen-bond donors (Lipinski definition) is 3. The van der Waals surface area contributed by atoms with Gasteiger partial charge in [0.05, 0.1) is 18.8 Å². The Bertz CT molecular complexity index is 1030. The molecule has 3 fully saturated rings. The van der Waals surface area contributed by atoms with Crippen LogP contribution in [0.15, 0.2) is 30.5 Å². The fraction of sp³-hybridized carbons (Fsp3) is 0.500. The number of carbonyl (C=O) groups excluding carboxylic acids is 2. The molecule has 1 aromatic heterocycles. The smallest absolute Gasteiger partial charge is 0.320 e. The molecule has 180 valence electrons. The largest absolute Gasteiger partial charge is 0.378 e. The Labute approximate surface area is 198 Å². The van der Waals surface area contributed by atoms with Crippen LogP contribution in [0, 0.1) is 0 Å². The van der Waals surface area contributed by atoms with Gasteiger partial charge in [0.2, 0.25) is 5.95 Å². The van der Waals surface area contributed by atoms with E-state index in [1.54, 1.807) is 0 Å². The van der Waals surface area contributed by atoms with Gasteiger partial charge < -0.3 is 30.9 Å². The predicted octanol–water partition coefficient (Wildman–Crippen LogP) is 2.53. The van der Waals surface area contributed by atoms with E-state index in [4.69, 9.17) is 10.5 Å².